The van der Waals surface area contributed by atoms with Crippen LogP contribution in [0, 0.1) is 6.92 Å². The van der Waals surface area contributed by atoms with Crippen LogP contribution in [-0.2, 0) is 4.79 Å². The second-order valence-electron chi connectivity index (χ2n) is 5.19. The number of benzene rings is 1. The van der Waals surface area contributed by atoms with E-state index in [0.29, 0.717) is 10.9 Å². The smallest absolute Gasteiger partial charge is 0.276 e. The minimum Gasteiger partial charge on any atom is -0.484 e. The quantitative estimate of drug-likeness (QED) is 0.392. The zero-order chi connectivity index (χ0) is 16.4. The van der Waals surface area contributed by atoms with E-state index in [1.165, 1.54) is 0 Å². The van der Waals surface area contributed by atoms with E-state index >= 15 is 0 Å². The van der Waals surface area contributed by atoms with E-state index in [-0.39, 0.29) is 12.5 Å². The van der Waals surface area contributed by atoms with Gasteiger partial charge in [-0.2, -0.15) is 0 Å². The summed E-state index contributed by atoms with van der Waals surface area (Å²) >= 11 is 5.05. The lowest BCUT2D eigenvalue weighted by Crippen LogP contribution is -2.48. The molecule has 1 aromatic carbocycles. The molecule has 0 atom stereocenters. The maximum Gasteiger partial charge on any atom is 0.276 e. The molecule has 0 spiro atoms. The summed E-state index contributed by atoms with van der Waals surface area (Å²) in [5, 5.41) is 3.40. The molecule has 0 heterocycles. The highest BCUT2D eigenvalue weighted by Crippen LogP contribution is 2.10. The Morgan fingerprint density at radius 3 is 2.55 bits per heavy atom. The van der Waals surface area contributed by atoms with Crippen molar-refractivity contribution in [1.29, 1.82) is 0 Å². The van der Waals surface area contributed by atoms with Crippen LogP contribution in [0.5, 0.6) is 5.75 Å². The lowest BCUT2D eigenvalue weighted by atomic mass is 10.2. The summed E-state index contributed by atoms with van der Waals surface area (Å²) in [6.45, 7) is 3.65. The number of ether oxygens (including phenoxy) is 1. The van der Waals surface area contributed by atoms with E-state index in [9.17, 15) is 4.79 Å². The first-order valence-corrected chi connectivity index (χ1v) is 7.55. The third-order valence-corrected chi connectivity index (χ3v) is 3.02. The van der Waals surface area contributed by atoms with Gasteiger partial charge in [0.2, 0.25) is 0 Å². The van der Waals surface area contributed by atoms with Crippen LogP contribution in [0.15, 0.2) is 24.3 Å². The minimum absolute atomic E-state index is 0.0701. The third kappa shape index (κ3) is 8.43. The van der Waals surface area contributed by atoms with Crippen molar-refractivity contribution < 1.29 is 9.53 Å². The van der Waals surface area contributed by atoms with Crippen LogP contribution in [0.1, 0.15) is 12.0 Å². The molecule has 7 heteroatoms. The molecule has 0 aliphatic heterocycles. The zero-order valence-electron chi connectivity index (χ0n) is 13.3. The largest absolute Gasteiger partial charge is 0.484 e. The molecule has 1 rings (SSSR count). The Morgan fingerprint density at radius 1 is 1.23 bits per heavy atom. The van der Waals surface area contributed by atoms with Crippen molar-refractivity contribution in [2.75, 3.05) is 33.8 Å². The Balaban J connectivity index is 2.12. The number of hydrogen-bond acceptors (Lipinski definition) is 4. The Labute approximate surface area is 137 Å². The van der Waals surface area contributed by atoms with Crippen LogP contribution in [0.25, 0.3) is 0 Å². The fourth-order valence-corrected chi connectivity index (χ4v) is 1.74. The molecule has 3 N–H and O–H groups in total. The van der Waals surface area contributed by atoms with Crippen LogP contribution in [0.4, 0.5) is 0 Å². The lowest BCUT2D eigenvalue weighted by molar-refractivity contribution is -0.123. The Morgan fingerprint density at radius 2 is 1.91 bits per heavy atom. The van der Waals surface area contributed by atoms with Gasteiger partial charge < -0.3 is 15.0 Å². The SMILES string of the molecule is Cc1ccc(OCC(=O)NNC(=S)NCCCN(C)C)cc1. The van der Waals surface area contributed by atoms with Gasteiger partial charge in [0.25, 0.3) is 5.91 Å². The molecule has 0 radical (unpaired) electrons. The number of nitrogens with one attached hydrogen (secondary N) is 3. The summed E-state index contributed by atoms with van der Waals surface area (Å²) < 4.78 is 5.36. The highest BCUT2D eigenvalue weighted by Gasteiger charge is 2.03. The molecular weight excluding hydrogens is 300 g/mol. The van der Waals surface area contributed by atoms with E-state index in [2.05, 4.69) is 21.1 Å². The standard InChI is InChI=1S/C15H24N4O2S/c1-12-5-7-13(8-6-12)21-11-14(20)17-18-15(22)16-9-4-10-19(2)3/h5-8H,4,9-11H2,1-3H3,(H,17,20)(H2,16,18,22). The molecule has 0 saturated carbocycles. The van der Waals surface area contributed by atoms with Crippen molar-refractivity contribution in [3.8, 4) is 5.75 Å². The molecule has 122 valence electrons. The van der Waals surface area contributed by atoms with E-state index in [1.807, 2.05) is 45.3 Å². The first kappa shape index (κ1) is 18.2. The maximum absolute atomic E-state index is 11.6. The van der Waals surface area contributed by atoms with Crippen molar-refractivity contribution >= 4 is 23.2 Å². The number of hydrogen-bond donors (Lipinski definition) is 3. The highest BCUT2D eigenvalue weighted by atomic mass is 32.1. The summed E-state index contributed by atoms with van der Waals surface area (Å²) in [7, 11) is 4.04. The maximum atomic E-state index is 11.6. The number of nitrogens with zero attached hydrogens (tertiary/aromatic N) is 1. The van der Waals surface area contributed by atoms with Gasteiger partial charge in [-0.25, -0.2) is 0 Å². The average molecular weight is 324 g/mol. The molecular formula is C15H24N4O2S. The number of thiocarbonyl (C=S) groups is 1. The molecule has 0 saturated heterocycles. The number of carbonyl (C=O) groups is 1. The summed E-state index contributed by atoms with van der Waals surface area (Å²) in [5.74, 6) is 0.364. The topological polar surface area (TPSA) is 65.6 Å². The first-order valence-electron chi connectivity index (χ1n) is 7.14. The van der Waals surface area contributed by atoms with Crippen LogP contribution in [-0.4, -0.2) is 49.7 Å². The predicted molar refractivity (Wildman–Crippen MR) is 91.7 cm³/mol. The van der Waals surface area contributed by atoms with Gasteiger partial charge in [-0.1, -0.05) is 17.7 Å². The van der Waals surface area contributed by atoms with Crippen molar-refractivity contribution in [2.24, 2.45) is 0 Å². The van der Waals surface area contributed by atoms with E-state index in [0.717, 1.165) is 25.1 Å². The number of rotatable bonds is 7. The number of aryl methyl sites for hydroxylation is 1. The Bertz CT molecular complexity index is 477. The Hall–Kier alpha value is -1.86. The second-order valence-corrected chi connectivity index (χ2v) is 5.60. The van der Waals surface area contributed by atoms with Gasteiger partial charge >= 0.3 is 0 Å². The zero-order valence-corrected chi connectivity index (χ0v) is 14.1. The molecule has 1 aromatic rings. The summed E-state index contributed by atoms with van der Waals surface area (Å²) in [5.41, 5.74) is 6.27. The lowest BCUT2D eigenvalue weighted by Gasteiger charge is -2.13. The first-order chi connectivity index (χ1) is 10.5. The van der Waals surface area contributed by atoms with Crippen LogP contribution < -0.4 is 20.9 Å². The second kappa shape index (κ2) is 9.97. The van der Waals surface area contributed by atoms with Crippen LogP contribution >= 0.6 is 12.2 Å². The molecule has 6 nitrogen and oxygen atoms in total. The number of hydrazine groups is 1. The molecule has 0 unspecified atom stereocenters. The van der Waals surface area contributed by atoms with Gasteiger partial charge in [0, 0.05) is 6.54 Å². The fraction of sp³-hybridized carbons (Fsp3) is 0.467. The average Bonchev–Trinajstić information content (AvgIpc) is 2.48. The van der Waals surface area contributed by atoms with Crippen molar-refractivity contribution in [3.63, 3.8) is 0 Å². The number of amides is 1. The van der Waals surface area contributed by atoms with Gasteiger partial charge in [-0.3, -0.25) is 15.6 Å². The van der Waals surface area contributed by atoms with Gasteiger partial charge in [0.1, 0.15) is 5.75 Å². The molecule has 22 heavy (non-hydrogen) atoms. The predicted octanol–water partition coefficient (Wildman–Crippen LogP) is 0.821. The number of carbonyl (C=O) groups excluding carboxylic acids is 1. The van der Waals surface area contributed by atoms with Crippen LogP contribution in [0.2, 0.25) is 0 Å². The van der Waals surface area contributed by atoms with E-state index in [1.54, 1.807) is 0 Å². The van der Waals surface area contributed by atoms with Crippen molar-refractivity contribution in [2.45, 2.75) is 13.3 Å². The van der Waals surface area contributed by atoms with Gasteiger partial charge in [0.05, 0.1) is 0 Å². The van der Waals surface area contributed by atoms with Crippen molar-refractivity contribution in [3.05, 3.63) is 29.8 Å². The summed E-state index contributed by atoms with van der Waals surface area (Å²) in [6.07, 6.45) is 0.972. The monoisotopic (exact) mass is 324 g/mol. The third-order valence-electron chi connectivity index (χ3n) is 2.77. The van der Waals surface area contributed by atoms with Gasteiger partial charge in [-0.05, 0) is 58.3 Å². The normalized spacial score (nSPS) is 10.2. The molecule has 0 aliphatic rings. The molecule has 0 aromatic heterocycles. The van der Waals surface area contributed by atoms with Gasteiger partial charge in [-0.15, -0.1) is 0 Å². The Kier molecular flexibility index (Phi) is 8.24. The van der Waals surface area contributed by atoms with Gasteiger partial charge in [0.15, 0.2) is 11.7 Å². The van der Waals surface area contributed by atoms with Crippen LogP contribution in [0.3, 0.4) is 0 Å². The molecule has 1 amide bonds. The molecule has 0 bridgehead atoms. The minimum atomic E-state index is -0.294. The highest BCUT2D eigenvalue weighted by molar-refractivity contribution is 7.80. The summed E-state index contributed by atoms with van der Waals surface area (Å²) in [6, 6.07) is 7.51. The van der Waals surface area contributed by atoms with Crippen molar-refractivity contribution in [1.82, 2.24) is 21.1 Å². The van der Waals surface area contributed by atoms with E-state index in [4.69, 9.17) is 17.0 Å². The molecule has 0 aliphatic carbocycles. The van der Waals surface area contributed by atoms with E-state index < -0.39 is 0 Å². The summed E-state index contributed by atoms with van der Waals surface area (Å²) in [4.78, 5) is 13.7. The fourth-order valence-electron chi connectivity index (χ4n) is 1.59. The molecule has 0 fully saturated rings.